The minimum atomic E-state index is -1.00. The van der Waals surface area contributed by atoms with Crippen LogP contribution in [-0.4, -0.2) is 30.1 Å². The third-order valence-electron chi connectivity index (χ3n) is 2.89. The molecule has 0 heterocycles. The van der Waals surface area contributed by atoms with Crippen molar-refractivity contribution in [1.29, 1.82) is 0 Å². The summed E-state index contributed by atoms with van der Waals surface area (Å²) in [6.45, 7) is 7.04. The van der Waals surface area contributed by atoms with E-state index in [0.717, 1.165) is 12.1 Å². The molecule has 1 aromatic rings. The van der Waals surface area contributed by atoms with Crippen molar-refractivity contribution in [1.82, 2.24) is 5.32 Å². The molecule has 5 nitrogen and oxygen atoms in total. The van der Waals surface area contributed by atoms with Crippen molar-refractivity contribution in [3.8, 4) is 0 Å². The van der Waals surface area contributed by atoms with Crippen molar-refractivity contribution < 1.29 is 14.7 Å². The summed E-state index contributed by atoms with van der Waals surface area (Å²) >= 11 is 0. The van der Waals surface area contributed by atoms with Crippen molar-refractivity contribution >= 4 is 17.6 Å². The summed E-state index contributed by atoms with van der Waals surface area (Å²) in [6, 6.07) is 4.69. The topological polar surface area (TPSA) is 78.4 Å². The molecule has 0 aliphatic heterocycles. The Morgan fingerprint density at radius 1 is 1.37 bits per heavy atom. The highest BCUT2D eigenvalue weighted by molar-refractivity contribution is 5.95. The molecule has 0 radical (unpaired) electrons. The van der Waals surface area contributed by atoms with Crippen molar-refractivity contribution in [2.75, 3.05) is 18.4 Å². The van der Waals surface area contributed by atoms with E-state index in [2.05, 4.69) is 10.6 Å². The number of carboxylic acids is 1. The quantitative estimate of drug-likeness (QED) is 0.733. The van der Waals surface area contributed by atoms with E-state index in [9.17, 15) is 9.59 Å². The molecule has 1 aromatic carbocycles. The number of carboxylic acid groups (broad SMARTS) is 1. The van der Waals surface area contributed by atoms with Crippen molar-refractivity contribution in [2.45, 2.75) is 20.8 Å². The molecule has 1 unspecified atom stereocenters. The Kier molecular flexibility index (Phi) is 5.51. The highest BCUT2D eigenvalue weighted by Gasteiger charge is 2.14. The van der Waals surface area contributed by atoms with Gasteiger partial charge < -0.3 is 15.7 Å². The van der Waals surface area contributed by atoms with Gasteiger partial charge in [-0.05, 0) is 31.2 Å². The monoisotopic (exact) mass is 264 g/mol. The number of amides is 1. The van der Waals surface area contributed by atoms with Gasteiger partial charge in [0, 0.05) is 18.2 Å². The zero-order valence-corrected chi connectivity index (χ0v) is 11.5. The van der Waals surface area contributed by atoms with Crippen LogP contribution in [0.15, 0.2) is 18.2 Å². The van der Waals surface area contributed by atoms with E-state index < -0.39 is 5.97 Å². The number of hydrogen-bond acceptors (Lipinski definition) is 3. The molecule has 0 spiro atoms. The van der Waals surface area contributed by atoms with Crippen LogP contribution in [-0.2, 0) is 4.79 Å². The number of nitrogens with one attached hydrogen (secondary N) is 2. The lowest BCUT2D eigenvalue weighted by molar-refractivity contribution is -0.119. The summed E-state index contributed by atoms with van der Waals surface area (Å²) in [6.07, 6.45) is 0. The Morgan fingerprint density at radius 2 is 2.05 bits per heavy atom. The molecular weight excluding hydrogens is 244 g/mol. The molecule has 1 rings (SSSR count). The molecule has 0 bridgehead atoms. The number of aryl methyl sites for hydroxylation is 1. The van der Waals surface area contributed by atoms with Crippen LogP contribution in [0.3, 0.4) is 0 Å². The molecule has 1 amide bonds. The SMILES string of the molecule is CCNCC(C)C(=O)Nc1cc(C(=O)O)ccc1C. The third kappa shape index (κ3) is 4.37. The first-order valence-electron chi connectivity index (χ1n) is 6.31. The first-order chi connectivity index (χ1) is 8.95. The van der Waals surface area contributed by atoms with E-state index in [-0.39, 0.29) is 17.4 Å². The zero-order valence-electron chi connectivity index (χ0n) is 11.5. The van der Waals surface area contributed by atoms with E-state index in [1.807, 2.05) is 20.8 Å². The predicted molar refractivity (Wildman–Crippen MR) is 74.5 cm³/mol. The summed E-state index contributed by atoms with van der Waals surface area (Å²) in [7, 11) is 0. The second-order valence-corrected chi connectivity index (χ2v) is 4.53. The Hall–Kier alpha value is -1.88. The fourth-order valence-electron chi connectivity index (χ4n) is 1.60. The summed E-state index contributed by atoms with van der Waals surface area (Å²) < 4.78 is 0. The lowest BCUT2D eigenvalue weighted by atomic mass is 10.1. The first kappa shape index (κ1) is 15.2. The van der Waals surface area contributed by atoms with Crippen LogP contribution >= 0.6 is 0 Å². The number of benzene rings is 1. The summed E-state index contributed by atoms with van der Waals surface area (Å²) in [4.78, 5) is 22.9. The lowest BCUT2D eigenvalue weighted by Crippen LogP contribution is -2.30. The highest BCUT2D eigenvalue weighted by atomic mass is 16.4. The van der Waals surface area contributed by atoms with Crippen LogP contribution in [0.1, 0.15) is 29.8 Å². The second-order valence-electron chi connectivity index (χ2n) is 4.53. The Labute approximate surface area is 113 Å². The van der Waals surface area contributed by atoms with Gasteiger partial charge in [-0.25, -0.2) is 4.79 Å². The molecule has 0 saturated heterocycles. The molecule has 1 atom stereocenters. The third-order valence-corrected chi connectivity index (χ3v) is 2.89. The van der Waals surface area contributed by atoms with E-state index in [0.29, 0.717) is 12.2 Å². The van der Waals surface area contributed by atoms with Gasteiger partial charge in [-0.1, -0.05) is 19.9 Å². The second kappa shape index (κ2) is 6.89. The van der Waals surface area contributed by atoms with Crippen LogP contribution in [0.25, 0.3) is 0 Å². The average Bonchev–Trinajstić information content (AvgIpc) is 2.38. The van der Waals surface area contributed by atoms with Gasteiger partial charge in [0.05, 0.1) is 5.56 Å². The van der Waals surface area contributed by atoms with Crippen molar-refractivity contribution in [3.05, 3.63) is 29.3 Å². The van der Waals surface area contributed by atoms with E-state index in [1.54, 1.807) is 6.07 Å². The summed E-state index contributed by atoms with van der Waals surface area (Å²) in [5.74, 6) is -1.30. The Bertz CT molecular complexity index is 472. The maximum Gasteiger partial charge on any atom is 0.335 e. The van der Waals surface area contributed by atoms with Crippen molar-refractivity contribution in [3.63, 3.8) is 0 Å². The smallest absolute Gasteiger partial charge is 0.335 e. The number of carbonyl (C=O) groups excluding carboxylic acids is 1. The number of rotatable bonds is 6. The minimum Gasteiger partial charge on any atom is -0.478 e. The molecule has 19 heavy (non-hydrogen) atoms. The standard InChI is InChI=1S/C14H20N2O3/c1-4-15-8-10(3)13(17)16-12-7-11(14(18)19)6-5-9(12)2/h5-7,10,15H,4,8H2,1-3H3,(H,16,17)(H,18,19). The zero-order chi connectivity index (χ0) is 14.4. The Morgan fingerprint density at radius 3 is 2.63 bits per heavy atom. The van der Waals surface area contributed by atoms with Crippen LogP contribution in [0, 0.1) is 12.8 Å². The molecule has 0 fully saturated rings. The number of anilines is 1. The number of hydrogen-bond donors (Lipinski definition) is 3. The lowest BCUT2D eigenvalue weighted by Gasteiger charge is -2.14. The largest absolute Gasteiger partial charge is 0.478 e. The van der Waals surface area contributed by atoms with Gasteiger partial charge in [-0.15, -0.1) is 0 Å². The molecule has 0 aromatic heterocycles. The summed E-state index contributed by atoms with van der Waals surface area (Å²) in [5.41, 5.74) is 1.56. The van der Waals surface area contributed by atoms with Crippen LogP contribution in [0.4, 0.5) is 5.69 Å². The maximum atomic E-state index is 12.0. The van der Waals surface area contributed by atoms with Gasteiger partial charge in [0.25, 0.3) is 0 Å². The van der Waals surface area contributed by atoms with Crippen LogP contribution in [0.5, 0.6) is 0 Å². The summed E-state index contributed by atoms with van der Waals surface area (Å²) in [5, 5.41) is 14.8. The normalized spacial score (nSPS) is 11.9. The fraction of sp³-hybridized carbons (Fsp3) is 0.429. The molecule has 104 valence electrons. The van der Waals surface area contributed by atoms with E-state index >= 15 is 0 Å². The van der Waals surface area contributed by atoms with Gasteiger partial charge in [-0.3, -0.25) is 4.79 Å². The highest BCUT2D eigenvalue weighted by Crippen LogP contribution is 2.17. The van der Waals surface area contributed by atoms with Gasteiger partial charge >= 0.3 is 5.97 Å². The minimum absolute atomic E-state index is 0.119. The average molecular weight is 264 g/mol. The predicted octanol–water partition coefficient (Wildman–Crippen LogP) is 1.88. The molecular formula is C14H20N2O3. The van der Waals surface area contributed by atoms with Gasteiger partial charge in [0.1, 0.15) is 0 Å². The molecule has 0 saturated carbocycles. The Balaban J connectivity index is 2.78. The molecule has 3 N–H and O–H groups in total. The number of aromatic carboxylic acids is 1. The first-order valence-corrected chi connectivity index (χ1v) is 6.31. The van der Waals surface area contributed by atoms with Crippen LogP contribution < -0.4 is 10.6 Å². The maximum absolute atomic E-state index is 12.0. The van der Waals surface area contributed by atoms with Crippen molar-refractivity contribution in [2.24, 2.45) is 5.92 Å². The number of carbonyl (C=O) groups is 2. The fourth-order valence-corrected chi connectivity index (χ4v) is 1.60. The van der Waals surface area contributed by atoms with E-state index in [1.165, 1.54) is 12.1 Å². The van der Waals surface area contributed by atoms with Crippen LogP contribution in [0.2, 0.25) is 0 Å². The van der Waals surface area contributed by atoms with Gasteiger partial charge in [-0.2, -0.15) is 0 Å². The van der Waals surface area contributed by atoms with Gasteiger partial charge in [0.2, 0.25) is 5.91 Å². The molecule has 5 heteroatoms. The van der Waals surface area contributed by atoms with Gasteiger partial charge in [0.15, 0.2) is 0 Å². The van der Waals surface area contributed by atoms with E-state index in [4.69, 9.17) is 5.11 Å². The molecule has 0 aliphatic rings. The molecule has 0 aliphatic carbocycles.